The van der Waals surface area contributed by atoms with Gasteiger partial charge in [0.15, 0.2) is 0 Å². The van der Waals surface area contributed by atoms with Crippen molar-refractivity contribution < 1.29 is 9.53 Å². The third kappa shape index (κ3) is 4.60. The molecule has 1 saturated heterocycles. The summed E-state index contributed by atoms with van der Waals surface area (Å²) in [4.78, 5) is 14.7. The van der Waals surface area contributed by atoms with Crippen LogP contribution in [0.25, 0.3) is 0 Å². The lowest BCUT2D eigenvalue weighted by molar-refractivity contribution is -0.0158. The standard InChI is InChI=1S/C21H26N2O2/c1-2-9-19(17-10-5-3-6-11-17)22-21(24)23-14-15-25-20(16-23)18-12-7-4-8-13-18/h3-8,10-13,19-20H,2,9,14-16H2,1H3,(H,22,24). The number of hydrogen-bond acceptors (Lipinski definition) is 2. The van der Waals surface area contributed by atoms with Crippen LogP contribution in [0.2, 0.25) is 0 Å². The molecule has 2 amide bonds. The zero-order chi connectivity index (χ0) is 17.5. The predicted molar refractivity (Wildman–Crippen MR) is 99.3 cm³/mol. The van der Waals surface area contributed by atoms with E-state index in [2.05, 4.69) is 36.5 Å². The first kappa shape index (κ1) is 17.5. The highest BCUT2D eigenvalue weighted by atomic mass is 16.5. The Bertz CT molecular complexity index is 660. The van der Waals surface area contributed by atoms with E-state index < -0.39 is 0 Å². The second-order valence-corrected chi connectivity index (χ2v) is 6.42. The van der Waals surface area contributed by atoms with Gasteiger partial charge in [0.2, 0.25) is 0 Å². The largest absolute Gasteiger partial charge is 0.370 e. The van der Waals surface area contributed by atoms with E-state index in [0.29, 0.717) is 19.7 Å². The molecular formula is C21H26N2O2. The first-order chi connectivity index (χ1) is 12.3. The molecule has 2 unspecified atom stereocenters. The summed E-state index contributed by atoms with van der Waals surface area (Å²) in [5.41, 5.74) is 2.28. The number of carbonyl (C=O) groups is 1. The fraction of sp³-hybridized carbons (Fsp3) is 0.381. The van der Waals surface area contributed by atoms with Crippen LogP contribution < -0.4 is 5.32 Å². The van der Waals surface area contributed by atoms with Crippen LogP contribution in [0.4, 0.5) is 4.79 Å². The van der Waals surface area contributed by atoms with Crippen molar-refractivity contribution in [2.45, 2.75) is 31.9 Å². The molecule has 1 aliphatic heterocycles. The highest BCUT2D eigenvalue weighted by Crippen LogP contribution is 2.23. The van der Waals surface area contributed by atoms with E-state index in [1.165, 1.54) is 0 Å². The van der Waals surface area contributed by atoms with Crippen LogP contribution in [0.1, 0.15) is 43.0 Å². The van der Waals surface area contributed by atoms with Crippen molar-refractivity contribution in [3.05, 3.63) is 71.8 Å². The number of rotatable bonds is 5. The van der Waals surface area contributed by atoms with Gasteiger partial charge in [0, 0.05) is 6.54 Å². The number of hydrogen-bond donors (Lipinski definition) is 1. The quantitative estimate of drug-likeness (QED) is 0.882. The molecule has 0 bridgehead atoms. The summed E-state index contributed by atoms with van der Waals surface area (Å²) in [6.07, 6.45) is 1.90. The van der Waals surface area contributed by atoms with Crippen LogP contribution in [-0.4, -0.2) is 30.6 Å². The number of ether oxygens (including phenoxy) is 1. The lowest BCUT2D eigenvalue weighted by atomic mass is 10.0. The van der Waals surface area contributed by atoms with Gasteiger partial charge in [0.05, 0.1) is 19.2 Å². The maximum atomic E-state index is 12.8. The monoisotopic (exact) mass is 338 g/mol. The molecule has 3 rings (SSSR count). The molecule has 4 nitrogen and oxygen atoms in total. The Kier molecular flexibility index (Phi) is 6.07. The van der Waals surface area contributed by atoms with Crippen molar-refractivity contribution in [3.63, 3.8) is 0 Å². The van der Waals surface area contributed by atoms with Gasteiger partial charge in [-0.05, 0) is 17.5 Å². The van der Waals surface area contributed by atoms with E-state index in [1.54, 1.807) is 0 Å². The van der Waals surface area contributed by atoms with E-state index in [1.807, 2.05) is 41.3 Å². The zero-order valence-electron chi connectivity index (χ0n) is 14.7. The Morgan fingerprint density at radius 1 is 1.16 bits per heavy atom. The summed E-state index contributed by atoms with van der Waals surface area (Å²) < 4.78 is 5.86. The van der Waals surface area contributed by atoms with Crippen molar-refractivity contribution in [1.82, 2.24) is 10.2 Å². The van der Waals surface area contributed by atoms with Crippen molar-refractivity contribution in [2.24, 2.45) is 0 Å². The molecule has 1 N–H and O–H groups in total. The molecule has 2 aromatic carbocycles. The van der Waals surface area contributed by atoms with Gasteiger partial charge in [-0.3, -0.25) is 0 Å². The number of urea groups is 1. The van der Waals surface area contributed by atoms with Crippen molar-refractivity contribution in [1.29, 1.82) is 0 Å². The minimum atomic E-state index is -0.0537. The van der Waals surface area contributed by atoms with Crippen molar-refractivity contribution in [2.75, 3.05) is 19.7 Å². The van der Waals surface area contributed by atoms with Crippen molar-refractivity contribution in [3.8, 4) is 0 Å². The molecule has 2 atom stereocenters. The molecule has 2 aromatic rings. The van der Waals surface area contributed by atoms with Gasteiger partial charge in [0.1, 0.15) is 6.10 Å². The predicted octanol–water partition coefficient (Wildman–Crippen LogP) is 4.31. The van der Waals surface area contributed by atoms with Crippen LogP contribution >= 0.6 is 0 Å². The molecule has 1 aliphatic rings. The average molecular weight is 338 g/mol. The zero-order valence-corrected chi connectivity index (χ0v) is 14.7. The van der Waals surface area contributed by atoms with Crippen LogP contribution in [0.5, 0.6) is 0 Å². The molecule has 132 valence electrons. The Balaban J connectivity index is 1.65. The normalized spacial score (nSPS) is 18.6. The molecule has 0 spiro atoms. The Labute approximate surface area is 149 Å². The van der Waals surface area contributed by atoms with Gasteiger partial charge in [-0.15, -0.1) is 0 Å². The molecule has 0 aromatic heterocycles. The van der Waals surface area contributed by atoms with Gasteiger partial charge in [0.25, 0.3) is 0 Å². The fourth-order valence-electron chi connectivity index (χ4n) is 3.24. The van der Waals surface area contributed by atoms with Gasteiger partial charge >= 0.3 is 6.03 Å². The van der Waals surface area contributed by atoms with E-state index in [-0.39, 0.29) is 18.2 Å². The summed E-state index contributed by atoms with van der Waals surface area (Å²) in [6, 6.07) is 20.3. The Morgan fingerprint density at radius 2 is 1.84 bits per heavy atom. The minimum absolute atomic E-state index is 0.00784. The molecule has 1 fully saturated rings. The highest BCUT2D eigenvalue weighted by molar-refractivity contribution is 5.75. The second kappa shape index (κ2) is 8.67. The average Bonchev–Trinajstić information content (AvgIpc) is 2.69. The van der Waals surface area contributed by atoms with Crippen LogP contribution in [0, 0.1) is 0 Å². The number of amides is 2. The summed E-state index contributed by atoms with van der Waals surface area (Å²) in [6.45, 7) is 3.92. The summed E-state index contributed by atoms with van der Waals surface area (Å²) >= 11 is 0. The number of morpholine rings is 1. The van der Waals surface area contributed by atoms with Gasteiger partial charge < -0.3 is 15.0 Å². The Hall–Kier alpha value is -2.33. The smallest absolute Gasteiger partial charge is 0.318 e. The molecule has 0 saturated carbocycles. The number of nitrogens with one attached hydrogen (secondary N) is 1. The Morgan fingerprint density at radius 3 is 2.52 bits per heavy atom. The third-order valence-corrected chi connectivity index (χ3v) is 4.60. The SMILES string of the molecule is CCCC(NC(=O)N1CCOC(c2ccccc2)C1)c1ccccc1. The molecule has 4 heteroatoms. The van der Waals surface area contributed by atoms with Gasteiger partial charge in [-0.1, -0.05) is 74.0 Å². The van der Waals surface area contributed by atoms with Crippen molar-refractivity contribution >= 4 is 6.03 Å². The molecule has 0 aliphatic carbocycles. The van der Waals surface area contributed by atoms with Crippen LogP contribution in [0.3, 0.4) is 0 Å². The fourth-order valence-corrected chi connectivity index (χ4v) is 3.24. The molecule has 25 heavy (non-hydrogen) atoms. The number of nitrogens with zero attached hydrogens (tertiary/aromatic N) is 1. The summed E-state index contributed by atoms with van der Waals surface area (Å²) in [5.74, 6) is 0. The first-order valence-corrected chi connectivity index (χ1v) is 9.05. The maximum Gasteiger partial charge on any atom is 0.318 e. The summed E-state index contributed by atoms with van der Waals surface area (Å²) in [5, 5.41) is 3.21. The molecule has 0 radical (unpaired) electrons. The second-order valence-electron chi connectivity index (χ2n) is 6.42. The van der Waals surface area contributed by atoms with Crippen LogP contribution in [-0.2, 0) is 4.74 Å². The number of carbonyl (C=O) groups excluding carboxylic acids is 1. The molecule has 1 heterocycles. The summed E-state index contributed by atoms with van der Waals surface area (Å²) in [7, 11) is 0. The third-order valence-electron chi connectivity index (χ3n) is 4.60. The topological polar surface area (TPSA) is 41.6 Å². The van der Waals surface area contributed by atoms with E-state index in [9.17, 15) is 4.79 Å². The maximum absolute atomic E-state index is 12.8. The van der Waals surface area contributed by atoms with E-state index >= 15 is 0 Å². The first-order valence-electron chi connectivity index (χ1n) is 9.05. The van der Waals surface area contributed by atoms with Crippen LogP contribution in [0.15, 0.2) is 60.7 Å². The van der Waals surface area contributed by atoms with E-state index in [0.717, 1.165) is 24.0 Å². The number of benzene rings is 2. The molecular weight excluding hydrogens is 312 g/mol. The van der Waals surface area contributed by atoms with Gasteiger partial charge in [-0.25, -0.2) is 4.79 Å². The lowest BCUT2D eigenvalue weighted by Crippen LogP contribution is -2.48. The van der Waals surface area contributed by atoms with Gasteiger partial charge in [-0.2, -0.15) is 0 Å². The lowest BCUT2D eigenvalue weighted by Gasteiger charge is -2.34. The minimum Gasteiger partial charge on any atom is -0.370 e. The van der Waals surface area contributed by atoms with E-state index in [4.69, 9.17) is 4.74 Å². The highest BCUT2D eigenvalue weighted by Gasteiger charge is 2.26.